The van der Waals surface area contributed by atoms with Crippen LogP contribution < -0.4 is 5.32 Å². The van der Waals surface area contributed by atoms with Crippen molar-refractivity contribution in [3.8, 4) is 0 Å². The highest BCUT2D eigenvalue weighted by atomic mass is 32.1. The Kier molecular flexibility index (Phi) is 3.40. The summed E-state index contributed by atoms with van der Waals surface area (Å²) in [6, 6.07) is 0. The molecule has 3 aromatic rings. The van der Waals surface area contributed by atoms with Crippen LogP contribution in [0.15, 0.2) is 17.0 Å². The number of aryl methyl sites for hydroxylation is 2. The van der Waals surface area contributed by atoms with Crippen LogP contribution in [0.25, 0.3) is 4.96 Å². The molecule has 0 atom stereocenters. The van der Waals surface area contributed by atoms with E-state index >= 15 is 0 Å². The lowest BCUT2D eigenvalue weighted by Gasteiger charge is -2.24. The maximum atomic E-state index is 4.63. The van der Waals surface area contributed by atoms with E-state index in [1.54, 1.807) is 22.7 Å². The van der Waals surface area contributed by atoms with Crippen molar-refractivity contribution in [2.24, 2.45) is 0 Å². The summed E-state index contributed by atoms with van der Waals surface area (Å²) in [5.74, 6) is 0. The lowest BCUT2D eigenvalue weighted by atomic mass is 10.1. The highest BCUT2D eigenvalue weighted by Crippen LogP contribution is 2.24. The Labute approximate surface area is 126 Å². The number of imidazole rings is 1. The average molecular weight is 306 g/mol. The molecule has 0 unspecified atom stereocenters. The van der Waals surface area contributed by atoms with Crippen LogP contribution >= 0.6 is 22.7 Å². The first-order chi connectivity index (χ1) is 9.49. The Morgan fingerprint density at radius 1 is 1.30 bits per heavy atom. The monoisotopic (exact) mass is 306 g/mol. The van der Waals surface area contributed by atoms with Gasteiger partial charge in [-0.15, -0.1) is 22.7 Å². The summed E-state index contributed by atoms with van der Waals surface area (Å²) in [5, 5.41) is 8.88. The molecule has 106 valence electrons. The average Bonchev–Trinajstić information content (AvgIpc) is 3.07. The summed E-state index contributed by atoms with van der Waals surface area (Å²) in [7, 11) is 0. The van der Waals surface area contributed by atoms with Crippen molar-refractivity contribution in [2.75, 3.05) is 0 Å². The van der Waals surface area contributed by atoms with E-state index in [-0.39, 0.29) is 5.54 Å². The molecular formula is C14H18N4S2. The fourth-order valence-corrected chi connectivity index (χ4v) is 3.96. The van der Waals surface area contributed by atoms with E-state index in [1.165, 1.54) is 11.4 Å². The van der Waals surface area contributed by atoms with Crippen LogP contribution in [0.4, 0.5) is 0 Å². The molecule has 0 saturated carbocycles. The molecule has 0 spiro atoms. The van der Waals surface area contributed by atoms with Crippen molar-refractivity contribution in [3.05, 3.63) is 39.0 Å². The van der Waals surface area contributed by atoms with Gasteiger partial charge in [-0.1, -0.05) is 0 Å². The third-order valence-corrected chi connectivity index (χ3v) is 5.53. The first-order valence-corrected chi connectivity index (χ1v) is 8.32. The van der Waals surface area contributed by atoms with Crippen LogP contribution in [-0.4, -0.2) is 14.4 Å². The number of fused-ring (bicyclic) bond motifs is 1. The molecule has 0 aliphatic heterocycles. The highest BCUT2D eigenvalue weighted by molar-refractivity contribution is 7.15. The fourth-order valence-electron chi connectivity index (χ4n) is 2.29. The Morgan fingerprint density at radius 2 is 2.10 bits per heavy atom. The molecule has 3 aromatic heterocycles. The Bertz CT molecular complexity index is 722. The van der Waals surface area contributed by atoms with E-state index in [0.29, 0.717) is 0 Å². The molecule has 0 amide bonds. The van der Waals surface area contributed by atoms with Crippen LogP contribution in [0.1, 0.15) is 35.9 Å². The van der Waals surface area contributed by atoms with E-state index in [4.69, 9.17) is 0 Å². The van der Waals surface area contributed by atoms with Gasteiger partial charge in [0.05, 0.1) is 16.9 Å². The molecule has 0 aliphatic rings. The van der Waals surface area contributed by atoms with Crippen molar-refractivity contribution in [2.45, 2.75) is 39.8 Å². The second kappa shape index (κ2) is 4.95. The molecule has 0 bridgehead atoms. The van der Waals surface area contributed by atoms with Gasteiger partial charge in [-0.2, -0.15) is 0 Å². The summed E-state index contributed by atoms with van der Waals surface area (Å²) in [5.41, 5.74) is 3.45. The van der Waals surface area contributed by atoms with Gasteiger partial charge in [-0.05, 0) is 27.7 Å². The topological polar surface area (TPSA) is 42.2 Å². The van der Waals surface area contributed by atoms with Gasteiger partial charge in [0.25, 0.3) is 0 Å². The normalized spacial score (nSPS) is 12.4. The summed E-state index contributed by atoms with van der Waals surface area (Å²) in [6.45, 7) is 9.32. The van der Waals surface area contributed by atoms with Gasteiger partial charge in [-0.25, -0.2) is 9.97 Å². The second-order valence-electron chi connectivity index (χ2n) is 5.45. The minimum atomic E-state index is -0.130. The van der Waals surface area contributed by atoms with Crippen molar-refractivity contribution < 1.29 is 0 Å². The number of nitrogens with one attached hydrogen (secondary N) is 1. The van der Waals surface area contributed by atoms with Crippen LogP contribution in [-0.2, 0) is 12.1 Å². The molecule has 0 saturated heterocycles. The van der Waals surface area contributed by atoms with Crippen molar-refractivity contribution >= 4 is 27.6 Å². The molecule has 4 nitrogen and oxygen atoms in total. The zero-order chi connectivity index (χ0) is 14.3. The number of hydrogen-bond acceptors (Lipinski definition) is 5. The molecule has 0 radical (unpaired) electrons. The number of aromatic nitrogens is 3. The standard InChI is InChI=1S/C14H18N4S2/c1-9-8-20-13-17-10(2)11(18(9)13)7-16-14(3,4)12-15-5-6-19-12/h5-6,8,16H,7H2,1-4H3. The third kappa shape index (κ3) is 2.28. The summed E-state index contributed by atoms with van der Waals surface area (Å²) in [6.07, 6.45) is 1.86. The molecular weight excluding hydrogens is 288 g/mol. The first kappa shape index (κ1) is 13.7. The summed E-state index contributed by atoms with van der Waals surface area (Å²) in [4.78, 5) is 10.1. The number of thiazole rings is 2. The molecule has 3 rings (SSSR count). The number of rotatable bonds is 4. The summed E-state index contributed by atoms with van der Waals surface area (Å²) >= 11 is 3.38. The van der Waals surface area contributed by atoms with Gasteiger partial charge in [0, 0.05) is 29.2 Å². The molecule has 1 N–H and O–H groups in total. The van der Waals surface area contributed by atoms with Crippen molar-refractivity contribution in [1.29, 1.82) is 0 Å². The van der Waals surface area contributed by atoms with Crippen LogP contribution in [0.3, 0.4) is 0 Å². The molecule has 20 heavy (non-hydrogen) atoms. The molecule has 0 aliphatic carbocycles. The second-order valence-corrected chi connectivity index (χ2v) is 7.19. The Morgan fingerprint density at radius 3 is 2.80 bits per heavy atom. The van der Waals surface area contributed by atoms with Crippen LogP contribution in [0, 0.1) is 13.8 Å². The molecule has 0 fully saturated rings. The van der Waals surface area contributed by atoms with Gasteiger partial charge in [0.15, 0.2) is 4.96 Å². The largest absolute Gasteiger partial charge is 0.300 e. The van der Waals surface area contributed by atoms with Gasteiger partial charge < -0.3 is 5.32 Å². The zero-order valence-electron chi connectivity index (χ0n) is 12.1. The fraction of sp³-hybridized carbons (Fsp3) is 0.429. The van der Waals surface area contributed by atoms with Gasteiger partial charge in [-0.3, -0.25) is 4.40 Å². The minimum Gasteiger partial charge on any atom is -0.300 e. The molecule has 0 aromatic carbocycles. The molecule has 6 heteroatoms. The van der Waals surface area contributed by atoms with E-state index in [9.17, 15) is 0 Å². The van der Waals surface area contributed by atoms with Gasteiger partial charge in [0.2, 0.25) is 0 Å². The lowest BCUT2D eigenvalue weighted by molar-refractivity contribution is 0.395. The third-order valence-electron chi connectivity index (χ3n) is 3.49. The van der Waals surface area contributed by atoms with Gasteiger partial charge >= 0.3 is 0 Å². The van der Waals surface area contributed by atoms with Crippen LogP contribution in [0.5, 0.6) is 0 Å². The van der Waals surface area contributed by atoms with Crippen molar-refractivity contribution in [1.82, 2.24) is 19.7 Å². The first-order valence-electron chi connectivity index (χ1n) is 6.56. The van der Waals surface area contributed by atoms with E-state index < -0.39 is 0 Å². The maximum absolute atomic E-state index is 4.63. The highest BCUT2D eigenvalue weighted by Gasteiger charge is 2.23. The quantitative estimate of drug-likeness (QED) is 0.802. The van der Waals surface area contributed by atoms with E-state index in [0.717, 1.165) is 22.2 Å². The van der Waals surface area contributed by atoms with Crippen LogP contribution in [0.2, 0.25) is 0 Å². The predicted octanol–water partition coefficient (Wildman–Crippen LogP) is 3.49. The SMILES string of the molecule is Cc1nc2scc(C)n2c1CNC(C)(C)c1nccs1. The lowest BCUT2D eigenvalue weighted by Crippen LogP contribution is -2.36. The molecule has 3 heterocycles. The van der Waals surface area contributed by atoms with Crippen molar-refractivity contribution in [3.63, 3.8) is 0 Å². The number of hydrogen-bond donors (Lipinski definition) is 1. The minimum absolute atomic E-state index is 0.130. The van der Waals surface area contributed by atoms with E-state index in [2.05, 4.69) is 52.8 Å². The smallest absolute Gasteiger partial charge is 0.194 e. The zero-order valence-corrected chi connectivity index (χ0v) is 13.7. The predicted molar refractivity (Wildman–Crippen MR) is 84.5 cm³/mol. The summed E-state index contributed by atoms with van der Waals surface area (Å²) < 4.78 is 2.24. The van der Waals surface area contributed by atoms with Gasteiger partial charge in [0.1, 0.15) is 5.01 Å². The number of nitrogens with zero attached hydrogens (tertiary/aromatic N) is 3. The maximum Gasteiger partial charge on any atom is 0.194 e. The Hall–Kier alpha value is -1.24. The Balaban J connectivity index is 1.87. The van der Waals surface area contributed by atoms with E-state index in [1.807, 2.05) is 11.6 Å².